The number of benzene rings is 2. The standard InChI is InChI=1S/C21H21N8O4S.BrH/c1-3-27(11-10-26-9-8-25(2)14-26)16-6-4-15(5-7-16)23-24-21-22-17-12-18(28(30)31)19(29(32)33)13-20(17)34-21;/h4-9,12-14H,3,10-11H2,1-2H3;1H/q+1;/p-1. The number of anilines is 1. The predicted octanol–water partition coefficient (Wildman–Crippen LogP) is 1.68. The molecule has 35 heavy (non-hydrogen) atoms. The molecule has 0 fully saturated rings. The number of rotatable bonds is 9. The predicted molar refractivity (Wildman–Crippen MR) is 127 cm³/mol. The first-order valence-corrected chi connectivity index (χ1v) is 11.2. The highest BCUT2D eigenvalue weighted by molar-refractivity contribution is 7.22. The van der Waals surface area contributed by atoms with Crippen LogP contribution in [0, 0.1) is 20.2 Å². The third-order valence-electron chi connectivity index (χ3n) is 5.17. The summed E-state index contributed by atoms with van der Waals surface area (Å²) in [6.07, 6.45) is 6.08. The number of azo groups is 1. The number of nitro groups is 2. The monoisotopic (exact) mass is 560 g/mol. The van der Waals surface area contributed by atoms with Gasteiger partial charge in [-0.25, -0.2) is 14.1 Å². The number of imidazole rings is 1. The number of aromatic nitrogens is 3. The molecule has 0 aliphatic rings. The van der Waals surface area contributed by atoms with Crippen molar-refractivity contribution in [2.45, 2.75) is 13.5 Å². The van der Waals surface area contributed by atoms with Crippen molar-refractivity contribution in [1.82, 2.24) is 9.55 Å². The van der Waals surface area contributed by atoms with Gasteiger partial charge in [0.2, 0.25) is 11.5 Å². The van der Waals surface area contributed by atoms with E-state index in [1.54, 1.807) is 0 Å². The van der Waals surface area contributed by atoms with E-state index in [9.17, 15) is 20.2 Å². The molecule has 2 aromatic heterocycles. The van der Waals surface area contributed by atoms with Gasteiger partial charge in [0.15, 0.2) is 0 Å². The van der Waals surface area contributed by atoms with Crippen LogP contribution in [0.5, 0.6) is 0 Å². The first-order valence-electron chi connectivity index (χ1n) is 10.3. The number of nitrogens with zero attached hydrogens (tertiary/aromatic N) is 8. The van der Waals surface area contributed by atoms with Crippen molar-refractivity contribution < 1.29 is 31.4 Å². The van der Waals surface area contributed by atoms with Crippen molar-refractivity contribution in [3.63, 3.8) is 0 Å². The van der Waals surface area contributed by atoms with Gasteiger partial charge in [-0.3, -0.25) is 20.2 Å². The average molecular weight is 561 g/mol. The number of nitro benzene ring substituents is 2. The number of likely N-dealkylation sites (N-methyl/N-ethyl adjacent to an activating group) is 1. The molecule has 4 aromatic rings. The number of halogens is 1. The van der Waals surface area contributed by atoms with E-state index in [1.165, 1.54) is 0 Å². The Labute approximate surface area is 214 Å². The SMILES string of the molecule is CCN(CCn1cc[n+](C)c1)c1ccc(N=Nc2nc3cc([N+](=O)[O-])c([N+](=O)[O-])cc3s2)cc1.[Br-]. The lowest BCUT2D eigenvalue weighted by atomic mass is 10.2. The molecule has 4 rings (SSSR count). The second kappa shape index (κ2) is 11.1. The van der Waals surface area contributed by atoms with Gasteiger partial charge in [-0.15, -0.1) is 10.2 Å². The third-order valence-corrected chi connectivity index (χ3v) is 6.07. The van der Waals surface area contributed by atoms with Crippen molar-refractivity contribution in [2.24, 2.45) is 17.3 Å². The van der Waals surface area contributed by atoms with Crippen molar-refractivity contribution >= 4 is 49.4 Å². The minimum atomic E-state index is -0.794. The molecule has 0 N–H and O–H groups in total. The number of aryl methyl sites for hydroxylation is 1. The molecule has 0 aliphatic carbocycles. The van der Waals surface area contributed by atoms with Crippen LogP contribution in [0.25, 0.3) is 10.2 Å². The summed E-state index contributed by atoms with van der Waals surface area (Å²) in [6.45, 7) is 4.68. The van der Waals surface area contributed by atoms with Crippen molar-refractivity contribution in [3.05, 3.63) is 75.3 Å². The van der Waals surface area contributed by atoms with Crippen LogP contribution >= 0.6 is 11.3 Å². The van der Waals surface area contributed by atoms with Crippen LogP contribution < -0.4 is 26.4 Å². The maximum Gasteiger partial charge on any atom is 0.348 e. The van der Waals surface area contributed by atoms with Gasteiger partial charge in [0, 0.05) is 18.3 Å². The summed E-state index contributed by atoms with van der Waals surface area (Å²) in [5.41, 5.74) is 0.770. The number of hydrogen-bond acceptors (Lipinski definition) is 9. The van der Waals surface area contributed by atoms with E-state index in [0.717, 1.165) is 48.8 Å². The topological polar surface area (TPSA) is 136 Å². The Balaban J connectivity index is 0.00000342. The lowest BCUT2D eigenvalue weighted by Gasteiger charge is -2.22. The summed E-state index contributed by atoms with van der Waals surface area (Å²) in [4.78, 5) is 27.2. The summed E-state index contributed by atoms with van der Waals surface area (Å²) in [6, 6.07) is 9.87. The zero-order chi connectivity index (χ0) is 24.2. The molecule has 0 radical (unpaired) electrons. The number of thiazole rings is 1. The molecule has 0 saturated carbocycles. The summed E-state index contributed by atoms with van der Waals surface area (Å²) in [7, 11) is 1.99. The van der Waals surface area contributed by atoms with Crippen molar-refractivity contribution in [3.8, 4) is 0 Å². The molecule has 12 nitrogen and oxygen atoms in total. The molecule has 0 atom stereocenters. The van der Waals surface area contributed by atoms with E-state index in [0.29, 0.717) is 10.4 Å². The van der Waals surface area contributed by atoms with Crippen LogP contribution in [0.1, 0.15) is 6.92 Å². The second-order valence-corrected chi connectivity index (χ2v) is 8.44. The second-order valence-electron chi connectivity index (χ2n) is 7.43. The molecule has 2 heterocycles. The molecule has 0 unspecified atom stereocenters. The summed E-state index contributed by atoms with van der Waals surface area (Å²) >= 11 is 1.08. The maximum atomic E-state index is 11.1. The lowest BCUT2D eigenvalue weighted by Crippen LogP contribution is -3.00. The first kappa shape index (κ1) is 25.8. The normalized spacial score (nSPS) is 11.0. The average Bonchev–Trinajstić information content (AvgIpc) is 3.42. The van der Waals surface area contributed by atoms with Crippen LogP contribution in [0.15, 0.2) is 65.3 Å². The molecular weight excluding hydrogens is 540 g/mol. The van der Waals surface area contributed by atoms with Gasteiger partial charge in [-0.05, 0) is 31.2 Å². The molecular formula is C21H21BrN8O4S. The minimum absolute atomic E-state index is 0. The highest BCUT2D eigenvalue weighted by Crippen LogP contribution is 2.37. The van der Waals surface area contributed by atoms with E-state index < -0.39 is 21.2 Å². The highest BCUT2D eigenvalue weighted by atomic mass is 79.9. The molecule has 0 saturated heterocycles. The fourth-order valence-electron chi connectivity index (χ4n) is 3.45. The molecule has 0 spiro atoms. The van der Waals surface area contributed by atoms with Crippen LogP contribution in [-0.2, 0) is 13.6 Å². The van der Waals surface area contributed by atoms with E-state index in [4.69, 9.17) is 0 Å². The minimum Gasteiger partial charge on any atom is -1.00 e. The molecule has 14 heteroatoms. The quantitative estimate of drug-likeness (QED) is 0.132. The van der Waals surface area contributed by atoms with Crippen LogP contribution in [0.4, 0.5) is 27.9 Å². The summed E-state index contributed by atoms with van der Waals surface area (Å²) < 4.78 is 4.56. The van der Waals surface area contributed by atoms with Gasteiger partial charge in [-0.1, -0.05) is 11.3 Å². The lowest BCUT2D eigenvalue weighted by molar-refractivity contribution is -0.671. The van der Waals surface area contributed by atoms with Gasteiger partial charge in [0.05, 0.1) is 45.4 Å². The molecule has 0 bridgehead atoms. The van der Waals surface area contributed by atoms with Crippen molar-refractivity contribution in [2.75, 3.05) is 18.0 Å². The Morgan fingerprint density at radius 2 is 1.80 bits per heavy atom. The van der Waals surface area contributed by atoms with Gasteiger partial charge in [0.25, 0.3) is 0 Å². The van der Waals surface area contributed by atoms with E-state index in [-0.39, 0.29) is 27.6 Å². The fraction of sp³-hybridized carbons (Fsp3) is 0.238. The maximum absolute atomic E-state index is 11.1. The third kappa shape index (κ3) is 6.02. The van der Waals surface area contributed by atoms with Gasteiger partial charge in [0.1, 0.15) is 18.9 Å². The largest absolute Gasteiger partial charge is 1.00 e. The molecule has 182 valence electrons. The van der Waals surface area contributed by atoms with Gasteiger partial charge >= 0.3 is 11.4 Å². The smallest absolute Gasteiger partial charge is 0.348 e. The zero-order valence-corrected chi connectivity index (χ0v) is 21.2. The number of fused-ring (bicyclic) bond motifs is 1. The van der Waals surface area contributed by atoms with E-state index in [1.807, 2.05) is 54.6 Å². The molecule has 0 amide bonds. The van der Waals surface area contributed by atoms with Crippen LogP contribution in [-0.4, -0.2) is 32.5 Å². The first-order chi connectivity index (χ1) is 16.3. The molecule has 0 aliphatic heterocycles. The zero-order valence-electron chi connectivity index (χ0n) is 18.8. The van der Waals surface area contributed by atoms with E-state index in [2.05, 4.69) is 31.6 Å². The molecule has 2 aromatic carbocycles. The van der Waals surface area contributed by atoms with Gasteiger partial charge in [-0.2, -0.15) is 0 Å². The Hall–Kier alpha value is -3.78. The van der Waals surface area contributed by atoms with Crippen molar-refractivity contribution in [1.29, 1.82) is 0 Å². The fourth-order valence-corrected chi connectivity index (χ4v) is 4.25. The number of hydrogen-bond donors (Lipinski definition) is 0. The highest BCUT2D eigenvalue weighted by Gasteiger charge is 2.26. The van der Waals surface area contributed by atoms with Gasteiger partial charge < -0.3 is 21.9 Å². The van der Waals surface area contributed by atoms with Crippen LogP contribution in [0.3, 0.4) is 0 Å². The Kier molecular flexibility index (Phi) is 8.19. The summed E-state index contributed by atoms with van der Waals surface area (Å²) in [5, 5.41) is 30.8. The Morgan fingerprint density at radius 1 is 1.11 bits per heavy atom. The van der Waals surface area contributed by atoms with E-state index >= 15 is 0 Å². The summed E-state index contributed by atoms with van der Waals surface area (Å²) in [5.74, 6) is 0. The Morgan fingerprint density at radius 3 is 2.40 bits per heavy atom. The van der Waals surface area contributed by atoms with Crippen LogP contribution in [0.2, 0.25) is 0 Å². The Bertz CT molecular complexity index is 1330.